The summed E-state index contributed by atoms with van der Waals surface area (Å²) in [4.78, 5) is 32.3. The molecule has 1 aliphatic heterocycles. The Hall–Kier alpha value is -0.290. The van der Waals surface area contributed by atoms with Gasteiger partial charge in [-0.3, -0.25) is 9.09 Å². The van der Waals surface area contributed by atoms with E-state index in [1.54, 1.807) is 0 Å². The maximum Gasteiger partial charge on any atom is 1.00 e. The number of hydrogen-bond donors (Lipinski definition) is 4. The smallest absolute Gasteiger partial charge is 1.00 e. The van der Waals surface area contributed by atoms with Gasteiger partial charge in [0.15, 0.2) is 0 Å². The van der Waals surface area contributed by atoms with E-state index in [0.29, 0.717) is 0 Å². The second-order valence-corrected chi connectivity index (χ2v) is 5.50. The third-order valence-corrected chi connectivity index (χ3v) is 3.26. The summed E-state index contributed by atoms with van der Waals surface area (Å²) in [5.41, 5.74) is 4.72. The Morgan fingerprint density at radius 1 is 1.62 bits per heavy atom. The van der Waals surface area contributed by atoms with Crippen molar-refractivity contribution in [2.75, 3.05) is 12.3 Å². The van der Waals surface area contributed by atoms with E-state index in [0.717, 1.165) is 4.57 Å². The van der Waals surface area contributed by atoms with Gasteiger partial charge in [0, 0.05) is 12.6 Å². The molecule has 21 heavy (non-hydrogen) atoms. The summed E-state index contributed by atoms with van der Waals surface area (Å²) in [5, 5.41) is 9.74. The number of phosphoric acid groups is 1. The van der Waals surface area contributed by atoms with E-state index in [4.69, 9.17) is 20.3 Å². The second-order valence-electron chi connectivity index (χ2n) is 4.26. The predicted molar refractivity (Wildman–Crippen MR) is 66.6 cm³/mol. The van der Waals surface area contributed by atoms with Crippen LogP contribution >= 0.6 is 7.82 Å². The number of rotatable bonds is 4. The number of nitrogens with two attached hydrogens (primary N) is 1. The van der Waals surface area contributed by atoms with Crippen molar-refractivity contribution in [2.24, 2.45) is 0 Å². The number of phosphoric ester groups is 1. The van der Waals surface area contributed by atoms with Gasteiger partial charge < -0.3 is 26.8 Å². The molecular weight excluding hydrogens is 316 g/mol. The summed E-state index contributed by atoms with van der Waals surface area (Å²) >= 11 is 0. The van der Waals surface area contributed by atoms with E-state index < -0.39 is 38.6 Å². The van der Waals surface area contributed by atoms with E-state index >= 15 is 0 Å². The number of aliphatic hydroxyl groups is 1. The Balaban J connectivity index is 0.00000220. The van der Waals surface area contributed by atoms with Crippen LogP contribution in [-0.2, 0) is 13.8 Å². The van der Waals surface area contributed by atoms with Crippen LogP contribution in [0.3, 0.4) is 0 Å². The first kappa shape index (κ1) is 18.8. The van der Waals surface area contributed by atoms with Crippen LogP contribution in [0.15, 0.2) is 17.1 Å². The average Bonchev–Trinajstić information content (AvgIpc) is 2.67. The van der Waals surface area contributed by atoms with Crippen LogP contribution in [0, 0.1) is 0 Å². The first-order valence-electron chi connectivity index (χ1n) is 5.64. The molecule has 0 bridgehead atoms. The normalized spacial score (nSPS) is 25.6. The van der Waals surface area contributed by atoms with Crippen LogP contribution in [-0.4, -0.2) is 43.3 Å². The number of aromatic nitrogens is 2. The van der Waals surface area contributed by atoms with Crippen molar-refractivity contribution in [3.8, 4) is 0 Å². The van der Waals surface area contributed by atoms with Gasteiger partial charge >= 0.3 is 43.1 Å². The molecule has 5 N–H and O–H groups in total. The molecular formula is C9H15N3NaO7P. The SMILES string of the molecule is Nc1ccn([C@H]2C[C@H](O)[C@@H](COP(=O)(O)O)O2)c(=O)n1.[H-].[Na+]. The third-order valence-electron chi connectivity index (χ3n) is 2.77. The summed E-state index contributed by atoms with van der Waals surface area (Å²) in [6.07, 6.45) is -1.32. The van der Waals surface area contributed by atoms with Gasteiger partial charge in [-0.1, -0.05) is 0 Å². The molecule has 0 amide bonds. The molecule has 0 spiro atoms. The maximum absolute atomic E-state index is 11.6. The quantitative estimate of drug-likeness (QED) is 0.316. The minimum Gasteiger partial charge on any atom is -1.00 e. The summed E-state index contributed by atoms with van der Waals surface area (Å²) in [6, 6.07) is 1.40. The van der Waals surface area contributed by atoms with Crippen molar-refractivity contribution >= 4 is 13.6 Å². The van der Waals surface area contributed by atoms with Crippen LogP contribution in [0.2, 0.25) is 0 Å². The van der Waals surface area contributed by atoms with Crippen LogP contribution in [0.5, 0.6) is 0 Å². The molecule has 114 valence electrons. The zero-order chi connectivity index (χ0) is 14.9. The van der Waals surface area contributed by atoms with Crippen molar-refractivity contribution in [1.82, 2.24) is 9.55 Å². The molecule has 3 atom stereocenters. The van der Waals surface area contributed by atoms with Gasteiger partial charge in [-0.25, -0.2) is 9.36 Å². The van der Waals surface area contributed by atoms with Crippen LogP contribution in [0.4, 0.5) is 5.82 Å². The third kappa shape index (κ3) is 5.13. The van der Waals surface area contributed by atoms with Crippen molar-refractivity contribution in [3.05, 3.63) is 22.7 Å². The Kier molecular flexibility index (Phi) is 6.54. The van der Waals surface area contributed by atoms with Gasteiger partial charge in [0.05, 0.1) is 12.7 Å². The zero-order valence-electron chi connectivity index (χ0n) is 12.2. The first-order valence-corrected chi connectivity index (χ1v) is 7.17. The fourth-order valence-electron chi connectivity index (χ4n) is 1.85. The molecule has 1 aliphatic rings. The van der Waals surface area contributed by atoms with Crippen LogP contribution in [0.1, 0.15) is 14.1 Å². The number of hydrogen-bond acceptors (Lipinski definition) is 7. The molecule has 1 saturated heterocycles. The summed E-state index contributed by atoms with van der Waals surface area (Å²) < 4.78 is 21.3. The Labute approximate surface area is 142 Å². The summed E-state index contributed by atoms with van der Waals surface area (Å²) in [5.74, 6) is 0.0613. The molecule has 0 saturated carbocycles. The monoisotopic (exact) mass is 331 g/mol. The molecule has 1 fully saturated rings. The first-order chi connectivity index (χ1) is 9.26. The zero-order valence-corrected chi connectivity index (χ0v) is 14.1. The van der Waals surface area contributed by atoms with Gasteiger partial charge in [0.2, 0.25) is 0 Å². The molecule has 2 rings (SSSR count). The van der Waals surface area contributed by atoms with Crippen molar-refractivity contribution < 1.29 is 59.7 Å². The molecule has 0 aromatic carbocycles. The molecule has 0 aliphatic carbocycles. The van der Waals surface area contributed by atoms with Crippen LogP contribution < -0.4 is 41.0 Å². The fourth-order valence-corrected chi connectivity index (χ4v) is 2.19. The topological polar surface area (TPSA) is 157 Å². The molecule has 0 radical (unpaired) electrons. The average molecular weight is 331 g/mol. The Bertz CT molecular complexity index is 597. The second kappa shape index (κ2) is 7.32. The molecule has 1 aromatic heterocycles. The Morgan fingerprint density at radius 3 is 2.86 bits per heavy atom. The maximum atomic E-state index is 11.6. The van der Waals surface area contributed by atoms with E-state index in [9.17, 15) is 14.5 Å². The number of aliphatic hydroxyl groups excluding tert-OH is 1. The van der Waals surface area contributed by atoms with E-state index in [-0.39, 0.29) is 43.2 Å². The fraction of sp³-hybridized carbons (Fsp3) is 0.556. The number of ether oxygens (including phenoxy) is 1. The molecule has 12 heteroatoms. The Morgan fingerprint density at radius 2 is 2.29 bits per heavy atom. The summed E-state index contributed by atoms with van der Waals surface area (Å²) in [6.45, 7) is -0.487. The van der Waals surface area contributed by atoms with E-state index in [1.165, 1.54) is 12.3 Å². The van der Waals surface area contributed by atoms with E-state index in [1.807, 2.05) is 0 Å². The van der Waals surface area contributed by atoms with Crippen molar-refractivity contribution in [2.45, 2.75) is 24.9 Å². The summed E-state index contributed by atoms with van der Waals surface area (Å²) in [7, 11) is -4.64. The van der Waals surface area contributed by atoms with Crippen molar-refractivity contribution in [1.29, 1.82) is 0 Å². The molecule has 2 heterocycles. The van der Waals surface area contributed by atoms with E-state index in [2.05, 4.69) is 9.51 Å². The largest absolute Gasteiger partial charge is 1.00 e. The van der Waals surface area contributed by atoms with Crippen LogP contribution in [0.25, 0.3) is 0 Å². The minimum atomic E-state index is -4.64. The van der Waals surface area contributed by atoms with Gasteiger partial charge in [0.1, 0.15) is 18.1 Å². The molecule has 1 aromatic rings. The predicted octanol–water partition coefficient (Wildman–Crippen LogP) is -4.30. The number of nitrogens with zero attached hydrogens (tertiary/aromatic N) is 2. The number of nitrogen functional groups attached to an aromatic ring is 1. The van der Waals surface area contributed by atoms with Gasteiger partial charge in [-0.2, -0.15) is 4.98 Å². The van der Waals surface area contributed by atoms with Gasteiger partial charge in [-0.05, 0) is 6.07 Å². The van der Waals surface area contributed by atoms with Gasteiger partial charge in [-0.15, -0.1) is 0 Å². The standard InChI is InChI=1S/C9H14N3O7P.Na.H/c10-7-1-2-12(9(14)11-7)8-3-5(13)6(19-8)4-18-20(15,16)17;;/h1-2,5-6,8,13H,3-4H2,(H2,10,11,14)(H2,15,16,17);;/q;+1;-1/t5-,6+,8+;;/m0../s1. The van der Waals surface area contributed by atoms with Crippen molar-refractivity contribution in [3.63, 3.8) is 0 Å². The minimum absolute atomic E-state index is 0. The number of anilines is 1. The molecule has 10 nitrogen and oxygen atoms in total. The molecule has 0 unspecified atom stereocenters. The van der Waals surface area contributed by atoms with Gasteiger partial charge in [0.25, 0.3) is 0 Å².